The van der Waals surface area contributed by atoms with Gasteiger partial charge in [-0.2, -0.15) is 0 Å². The number of benzene rings is 10. The summed E-state index contributed by atoms with van der Waals surface area (Å²) in [6.07, 6.45) is -0.432. The minimum Gasteiger partial charge on any atom is -0.456 e. The van der Waals surface area contributed by atoms with E-state index in [0.29, 0.717) is 5.84 Å². The lowest BCUT2D eigenvalue weighted by Gasteiger charge is -2.26. The predicted molar refractivity (Wildman–Crippen MR) is 273 cm³/mol. The number of rotatable bonds is 5. The van der Waals surface area contributed by atoms with Crippen LogP contribution < -0.4 is 5.32 Å². The monoisotopic (exact) mass is 848 g/mol. The zero-order valence-corrected chi connectivity index (χ0v) is 35.7. The largest absolute Gasteiger partial charge is 0.456 e. The van der Waals surface area contributed by atoms with Crippen LogP contribution in [0.4, 0.5) is 0 Å². The van der Waals surface area contributed by atoms with Crippen molar-refractivity contribution in [3.8, 4) is 16.8 Å². The summed E-state index contributed by atoms with van der Waals surface area (Å²) >= 11 is 1.81. The van der Waals surface area contributed by atoms with E-state index >= 15 is 0 Å². The van der Waals surface area contributed by atoms with Crippen molar-refractivity contribution in [1.82, 2.24) is 9.88 Å². The Morgan fingerprint density at radius 2 is 1.08 bits per heavy atom. The van der Waals surface area contributed by atoms with Gasteiger partial charge in [-0.3, -0.25) is 0 Å². The fourth-order valence-electron chi connectivity index (χ4n) is 10.1. The third-order valence-electron chi connectivity index (χ3n) is 13.2. The van der Waals surface area contributed by atoms with E-state index < -0.39 is 6.17 Å². The molecule has 0 fully saturated rings. The fourth-order valence-corrected chi connectivity index (χ4v) is 11.2. The smallest absolute Gasteiger partial charge is 0.160 e. The summed E-state index contributed by atoms with van der Waals surface area (Å²) in [5, 5.41) is 15.5. The summed E-state index contributed by atoms with van der Waals surface area (Å²) in [7, 11) is 0. The average molecular weight is 849 g/mol. The molecule has 0 saturated carbocycles. The van der Waals surface area contributed by atoms with E-state index in [4.69, 9.17) is 14.4 Å². The standard InChI is InChI=1S/C59H36N4OS/c1-2-13-35(14-3-1)36-25-27-37(28-26-36)57-60-58(44-21-12-24-55-56(44)43-20-9-11-23-54(43)65-55)62-59(61-57)48-33-47-42-19-8-10-22-52(42)64-53(47)34-51(48)63-49-31-40-17-6-4-15-38(40)29-45(49)46-30-39-16-5-7-18-41(39)32-50(46)63/h1-34,57H,(H,60,61,62). The number of nitrogens with zero attached hydrogens (tertiary/aromatic N) is 3. The summed E-state index contributed by atoms with van der Waals surface area (Å²) in [5.74, 6) is 1.43. The molecule has 0 radical (unpaired) electrons. The molecule has 6 heteroatoms. The van der Waals surface area contributed by atoms with E-state index in [-0.39, 0.29) is 0 Å². The van der Waals surface area contributed by atoms with Gasteiger partial charge in [0.1, 0.15) is 23.2 Å². The van der Waals surface area contributed by atoms with Crippen molar-refractivity contribution in [1.29, 1.82) is 0 Å². The summed E-state index contributed by atoms with van der Waals surface area (Å²) in [6.45, 7) is 0. The van der Waals surface area contributed by atoms with Gasteiger partial charge in [0.25, 0.3) is 0 Å². The van der Waals surface area contributed by atoms with Crippen LogP contribution in [0.25, 0.3) is 102 Å². The number of nitrogens with one attached hydrogen (secondary N) is 1. The molecule has 3 aromatic heterocycles. The normalized spacial score (nSPS) is 14.3. The third-order valence-corrected chi connectivity index (χ3v) is 14.3. The van der Waals surface area contributed by atoms with Crippen molar-refractivity contribution in [3.05, 3.63) is 223 Å². The van der Waals surface area contributed by atoms with Gasteiger partial charge in [-0.05, 0) is 86.8 Å². The summed E-state index contributed by atoms with van der Waals surface area (Å²) in [6, 6.07) is 74.0. The van der Waals surface area contributed by atoms with Gasteiger partial charge in [0.2, 0.25) is 0 Å². The Kier molecular flexibility index (Phi) is 7.85. The van der Waals surface area contributed by atoms with Crippen molar-refractivity contribution in [2.24, 2.45) is 9.98 Å². The summed E-state index contributed by atoms with van der Waals surface area (Å²) in [4.78, 5) is 11.1. The number of hydrogen-bond donors (Lipinski definition) is 1. The van der Waals surface area contributed by atoms with Crippen LogP contribution >= 0.6 is 11.3 Å². The van der Waals surface area contributed by atoms with Crippen molar-refractivity contribution >= 4 is 108 Å². The van der Waals surface area contributed by atoms with Crippen molar-refractivity contribution in [3.63, 3.8) is 0 Å². The molecule has 1 aliphatic heterocycles. The molecular weight excluding hydrogens is 813 g/mol. The van der Waals surface area contributed by atoms with Gasteiger partial charge in [-0.1, -0.05) is 152 Å². The van der Waals surface area contributed by atoms with Gasteiger partial charge in [0.15, 0.2) is 5.84 Å². The second-order valence-corrected chi connectivity index (χ2v) is 18.0. The number of furan rings is 1. The molecule has 10 aromatic carbocycles. The Labute approximate surface area is 376 Å². The predicted octanol–water partition coefficient (Wildman–Crippen LogP) is 15.5. The SMILES string of the molecule is c1ccc(-c2ccc(C3N=C(c4cccc5sc6ccccc6c45)N=C(c4cc5c(cc4-n4c6cc7ccccc7cc6c6cc7ccccc7cc64)oc4ccccc45)N3)cc2)cc1. The first kappa shape index (κ1) is 36.2. The van der Waals surface area contributed by atoms with E-state index in [1.165, 1.54) is 58.1 Å². The summed E-state index contributed by atoms with van der Waals surface area (Å²) < 4.78 is 11.6. The van der Waals surface area contributed by atoms with Gasteiger partial charge in [-0.25, -0.2) is 9.98 Å². The minimum atomic E-state index is -0.432. The Bertz CT molecular complexity index is 4060. The van der Waals surface area contributed by atoms with E-state index in [0.717, 1.165) is 66.7 Å². The molecule has 0 saturated heterocycles. The number of thiophene rings is 1. The van der Waals surface area contributed by atoms with Crippen molar-refractivity contribution in [2.75, 3.05) is 0 Å². The van der Waals surface area contributed by atoms with E-state index in [2.05, 4.69) is 210 Å². The van der Waals surface area contributed by atoms with Crippen LogP contribution in [0, 0.1) is 0 Å². The molecule has 13 aromatic rings. The number of fused-ring (bicyclic) bond motifs is 11. The highest BCUT2D eigenvalue weighted by molar-refractivity contribution is 7.25. The number of aromatic nitrogens is 1. The first-order valence-corrected chi connectivity index (χ1v) is 22.8. The minimum absolute atomic E-state index is 0.432. The summed E-state index contributed by atoms with van der Waals surface area (Å²) in [5.41, 5.74) is 10.2. The lowest BCUT2D eigenvalue weighted by Crippen LogP contribution is -2.34. The van der Waals surface area contributed by atoms with E-state index in [1.807, 2.05) is 17.4 Å². The molecule has 1 atom stereocenters. The van der Waals surface area contributed by atoms with Crippen LogP contribution in [0.5, 0.6) is 0 Å². The fraction of sp³-hybridized carbons (Fsp3) is 0.0169. The highest BCUT2D eigenvalue weighted by atomic mass is 32.1. The number of para-hydroxylation sites is 1. The maximum atomic E-state index is 6.71. The zero-order valence-electron chi connectivity index (χ0n) is 34.9. The van der Waals surface area contributed by atoms with Crippen LogP contribution in [0.15, 0.2) is 221 Å². The highest BCUT2D eigenvalue weighted by Crippen LogP contribution is 2.42. The molecule has 304 valence electrons. The van der Waals surface area contributed by atoms with Gasteiger partial charge in [0, 0.05) is 58.9 Å². The van der Waals surface area contributed by atoms with Crippen LogP contribution in [-0.2, 0) is 0 Å². The second kappa shape index (κ2) is 14.1. The van der Waals surface area contributed by atoms with Crippen LogP contribution in [0.3, 0.4) is 0 Å². The Balaban J connectivity index is 1.06. The molecule has 65 heavy (non-hydrogen) atoms. The number of amidine groups is 2. The Hall–Kier alpha value is -8.32. The third kappa shape index (κ3) is 5.71. The molecule has 0 spiro atoms. The molecule has 0 amide bonds. The zero-order chi connectivity index (χ0) is 42.6. The first-order valence-electron chi connectivity index (χ1n) is 22.0. The number of hydrogen-bond acceptors (Lipinski definition) is 5. The lowest BCUT2D eigenvalue weighted by atomic mass is 10.0. The molecule has 1 unspecified atom stereocenters. The van der Waals surface area contributed by atoms with Crippen LogP contribution in [-0.4, -0.2) is 16.2 Å². The van der Waals surface area contributed by atoms with Crippen LogP contribution in [0.1, 0.15) is 22.9 Å². The van der Waals surface area contributed by atoms with Crippen molar-refractivity contribution in [2.45, 2.75) is 6.17 Å². The topological polar surface area (TPSA) is 54.8 Å². The van der Waals surface area contributed by atoms with Gasteiger partial charge in [0.05, 0.1) is 16.7 Å². The molecular formula is C59H36N4OS. The first-order chi connectivity index (χ1) is 32.2. The van der Waals surface area contributed by atoms with Gasteiger partial charge in [-0.15, -0.1) is 11.3 Å². The molecule has 14 rings (SSSR count). The molecule has 0 bridgehead atoms. The second-order valence-electron chi connectivity index (χ2n) is 17.0. The van der Waals surface area contributed by atoms with Crippen molar-refractivity contribution < 1.29 is 4.42 Å². The lowest BCUT2D eigenvalue weighted by molar-refractivity contribution is 0.668. The highest BCUT2D eigenvalue weighted by Gasteiger charge is 2.28. The average Bonchev–Trinajstić information content (AvgIpc) is 4.03. The maximum Gasteiger partial charge on any atom is 0.160 e. The van der Waals surface area contributed by atoms with E-state index in [9.17, 15) is 0 Å². The molecule has 5 nitrogen and oxygen atoms in total. The quantitative estimate of drug-likeness (QED) is 0.188. The van der Waals surface area contributed by atoms with Crippen LogP contribution in [0.2, 0.25) is 0 Å². The molecule has 4 heterocycles. The molecule has 1 aliphatic rings. The Morgan fingerprint density at radius 1 is 0.462 bits per heavy atom. The maximum absolute atomic E-state index is 6.71. The van der Waals surface area contributed by atoms with Gasteiger partial charge < -0.3 is 14.3 Å². The Morgan fingerprint density at radius 3 is 1.82 bits per heavy atom. The van der Waals surface area contributed by atoms with Gasteiger partial charge >= 0.3 is 0 Å². The number of aliphatic imine (C=N–C) groups is 2. The molecule has 0 aliphatic carbocycles. The van der Waals surface area contributed by atoms with E-state index in [1.54, 1.807) is 0 Å². The molecule has 1 N–H and O–H groups in total.